The minimum Gasteiger partial charge on any atom is -0.493 e. The van der Waals surface area contributed by atoms with Gasteiger partial charge in [0.1, 0.15) is 0 Å². The fourth-order valence-electron chi connectivity index (χ4n) is 2.24. The van der Waals surface area contributed by atoms with Crippen LogP contribution in [0.2, 0.25) is 0 Å². The smallest absolute Gasteiger partial charge is 0.337 e. The van der Waals surface area contributed by atoms with Gasteiger partial charge < -0.3 is 24.4 Å². The Morgan fingerprint density at radius 2 is 1.82 bits per heavy atom. The van der Waals surface area contributed by atoms with Crippen LogP contribution in [0, 0.1) is 0 Å². The van der Waals surface area contributed by atoms with Crippen LogP contribution in [0.15, 0.2) is 47.6 Å². The van der Waals surface area contributed by atoms with Crippen molar-refractivity contribution in [3.05, 3.63) is 53.6 Å². The standard InChI is InChI=1S/C20H22N2O6/c1-4-27-17-10-5-14(11-18(17)25-2)12-21-28-13-19(23)22-16-8-6-15(7-9-16)20(24)26-3/h5-12H,4,13H2,1-3H3,(H,22,23)/b21-12-. The minimum absolute atomic E-state index is 0.260. The second-order valence-corrected chi connectivity index (χ2v) is 5.47. The number of carbonyl (C=O) groups excluding carboxylic acids is 2. The van der Waals surface area contributed by atoms with Crippen LogP contribution < -0.4 is 14.8 Å². The number of anilines is 1. The highest BCUT2D eigenvalue weighted by molar-refractivity contribution is 5.93. The van der Waals surface area contributed by atoms with Crippen LogP contribution in [0.3, 0.4) is 0 Å². The molecule has 0 aliphatic carbocycles. The summed E-state index contributed by atoms with van der Waals surface area (Å²) in [4.78, 5) is 28.3. The third-order valence-corrected chi connectivity index (χ3v) is 3.55. The van der Waals surface area contributed by atoms with Gasteiger partial charge in [-0.1, -0.05) is 5.16 Å². The predicted octanol–water partition coefficient (Wildman–Crippen LogP) is 2.87. The van der Waals surface area contributed by atoms with E-state index in [1.54, 1.807) is 49.6 Å². The van der Waals surface area contributed by atoms with Gasteiger partial charge in [-0.15, -0.1) is 0 Å². The fourth-order valence-corrected chi connectivity index (χ4v) is 2.24. The van der Waals surface area contributed by atoms with Gasteiger partial charge in [0.15, 0.2) is 18.1 Å². The Morgan fingerprint density at radius 1 is 1.07 bits per heavy atom. The van der Waals surface area contributed by atoms with E-state index in [1.807, 2.05) is 6.92 Å². The molecule has 0 aliphatic heterocycles. The average molecular weight is 386 g/mol. The molecule has 0 unspecified atom stereocenters. The number of benzene rings is 2. The number of ether oxygens (including phenoxy) is 3. The highest BCUT2D eigenvalue weighted by atomic mass is 16.6. The normalized spacial score (nSPS) is 10.4. The molecule has 28 heavy (non-hydrogen) atoms. The van der Waals surface area contributed by atoms with Crippen molar-refractivity contribution in [3.63, 3.8) is 0 Å². The van der Waals surface area contributed by atoms with Crippen molar-refractivity contribution in [1.29, 1.82) is 0 Å². The summed E-state index contributed by atoms with van der Waals surface area (Å²) >= 11 is 0. The summed E-state index contributed by atoms with van der Waals surface area (Å²) in [7, 11) is 2.86. The van der Waals surface area contributed by atoms with Crippen LogP contribution in [0.25, 0.3) is 0 Å². The molecular formula is C20H22N2O6. The molecule has 0 fully saturated rings. The van der Waals surface area contributed by atoms with Gasteiger partial charge in [-0.25, -0.2) is 4.79 Å². The number of nitrogens with zero attached hydrogens (tertiary/aromatic N) is 1. The summed E-state index contributed by atoms with van der Waals surface area (Å²) in [6.07, 6.45) is 1.47. The first-order chi connectivity index (χ1) is 13.6. The SMILES string of the molecule is CCOc1ccc(/C=N\OCC(=O)Nc2ccc(C(=O)OC)cc2)cc1OC. The average Bonchev–Trinajstić information content (AvgIpc) is 2.72. The quantitative estimate of drug-likeness (QED) is 0.404. The monoisotopic (exact) mass is 386 g/mol. The number of nitrogens with one attached hydrogen (secondary N) is 1. The van der Waals surface area contributed by atoms with Crippen LogP contribution in [-0.2, 0) is 14.4 Å². The number of esters is 1. The first-order valence-corrected chi connectivity index (χ1v) is 8.51. The second kappa shape index (κ2) is 10.6. The molecule has 148 valence electrons. The number of oxime groups is 1. The van der Waals surface area contributed by atoms with Gasteiger partial charge in [0.05, 0.1) is 32.6 Å². The topological polar surface area (TPSA) is 95.5 Å². The third kappa shape index (κ3) is 6.01. The highest BCUT2D eigenvalue weighted by Gasteiger charge is 2.07. The van der Waals surface area contributed by atoms with Crippen molar-refractivity contribution in [1.82, 2.24) is 0 Å². The Balaban J connectivity index is 1.84. The van der Waals surface area contributed by atoms with E-state index in [-0.39, 0.29) is 12.5 Å². The molecule has 2 aromatic carbocycles. The molecule has 0 saturated carbocycles. The summed E-state index contributed by atoms with van der Waals surface area (Å²) in [5.41, 5.74) is 1.66. The van der Waals surface area contributed by atoms with Crippen molar-refractivity contribution in [3.8, 4) is 11.5 Å². The lowest BCUT2D eigenvalue weighted by Gasteiger charge is -2.09. The second-order valence-electron chi connectivity index (χ2n) is 5.47. The molecule has 0 aromatic heterocycles. The van der Waals surface area contributed by atoms with Crippen molar-refractivity contribution >= 4 is 23.8 Å². The van der Waals surface area contributed by atoms with Crippen molar-refractivity contribution in [2.45, 2.75) is 6.92 Å². The van der Waals surface area contributed by atoms with E-state index in [0.29, 0.717) is 29.4 Å². The van der Waals surface area contributed by atoms with Gasteiger partial charge >= 0.3 is 5.97 Å². The van der Waals surface area contributed by atoms with Gasteiger partial charge in [0, 0.05) is 11.3 Å². The first-order valence-electron chi connectivity index (χ1n) is 8.51. The lowest BCUT2D eigenvalue weighted by Crippen LogP contribution is -2.17. The zero-order valence-corrected chi connectivity index (χ0v) is 15.9. The Bertz CT molecular complexity index is 833. The first kappa shape index (κ1) is 20.8. The number of methoxy groups -OCH3 is 2. The minimum atomic E-state index is -0.443. The fraction of sp³-hybridized carbons (Fsp3) is 0.250. The number of hydrogen-bond donors (Lipinski definition) is 1. The zero-order chi connectivity index (χ0) is 20.4. The van der Waals surface area contributed by atoms with Gasteiger partial charge in [-0.2, -0.15) is 0 Å². The summed E-state index contributed by atoms with van der Waals surface area (Å²) < 4.78 is 15.3. The highest BCUT2D eigenvalue weighted by Crippen LogP contribution is 2.27. The van der Waals surface area contributed by atoms with Crippen LogP contribution in [0.4, 0.5) is 5.69 Å². The van der Waals surface area contributed by atoms with E-state index >= 15 is 0 Å². The molecule has 0 heterocycles. The van der Waals surface area contributed by atoms with Crippen molar-refractivity contribution < 1.29 is 28.6 Å². The summed E-state index contributed by atoms with van der Waals surface area (Å²) in [6, 6.07) is 11.6. The van der Waals surface area contributed by atoms with Gasteiger partial charge in [0.2, 0.25) is 0 Å². The van der Waals surface area contributed by atoms with Gasteiger partial charge in [0.25, 0.3) is 5.91 Å². The van der Waals surface area contributed by atoms with E-state index in [9.17, 15) is 9.59 Å². The van der Waals surface area contributed by atoms with E-state index in [4.69, 9.17) is 14.3 Å². The number of carbonyl (C=O) groups is 2. The molecule has 1 amide bonds. The Labute approximate surface area is 163 Å². The Kier molecular flexibility index (Phi) is 7.83. The number of rotatable bonds is 9. The van der Waals surface area contributed by atoms with Crippen molar-refractivity contribution in [2.75, 3.05) is 32.8 Å². The molecular weight excluding hydrogens is 364 g/mol. The summed E-state index contributed by atoms with van der Waals surface area (Å²) in [5, 5.41) is 6.42. The van der Waals surface area contributed by atoms with Crippen LogP contribution in [0.1, 0.15) is 22.8 Å². The predicted molar refractivity (Wildman–Crippen MR) is 104 cm³/mol. The van der Waals surface area contributed by atoms with Crippen LogP contribution in [-0.4, -0.2) is 45.5 Å². The molecule has 2 rings (SSSR count). The largest absolute Gasteiger partial charge is 0.493 e. The van der Waals surface area contributed by atoms with Gasteiger partial charge in [-0.05, 0) is 49.4 Å². The Morgan fingerprint density at radius 3 is 2.46 bits per heavy atom. The molecule has 1 N–H and O–H groups in total. The number of amides is 1. The molecule has 0 radical (unpaired) electrons. The lowest BCUT2D eigenvalue weighted by molar-refractivity contribution is -0.120. The third-order valence-electron chi connectivity index (χ3n) is 3.55. The van der Waals surface area contributed by atoms with Gasteiger partial charge in [-0.3, -0.25) is 4.79 Å². The van der Waals surface area contributed by atoms with E-state index in [2.05, 4.69) is 15.2 Å². The molecule has 0 saturated heterocycles. The van der Waals surface area contributed by atoms with Crippen LogP contribution in [0.5, 0.6) is 11.5 Å². The molecule has 8 nitrogen and oxygen atoms in total. The summed E-state index contributed by atoms with van der Waals surface area (Å²) in [6.45, 7) is 2.16. The molecule has 0 bridgehead atoms. The molecule has 2 aromatic rings. The van der Waals surface area contributed by atoms with Crippen molar-refractivity contribution in [2.24, 2.45) is 5.16 Å². The molecule has 0 spiro atoms. The molecule has 0 atom stereocenters. The molecule has 8 heteroatoms. The lowest BCUT2D eigenvalue weighted by atomic mass is 10.2. The van der Waals surface area contributed by atoms with E-state index in [0.717, 1.165) is 5.56 Å². The maximum Gasteiger partial charge on any atom is 0.337 e. The maximum absolute atomic E-state index is 11.9. The zero-order valence-electron chi connectivity index (χ0n) is 15.9. The van der Waals surface area contributed by atoms with Crippen LogP contribution >= 0.6 is 0 Å². The van der Waals surface area contributed by atoms with E-state index in [1.165, 1.54) is 13.3 Å². The maximum atomic E-state index is 11.9. The Hall–Kier alpha value is -3.55. The molecule has 0 aliphatic rings. The number of hydrogen-bond acceptors (Lipinski definition) is 7. The van der Waals surface area contributed by atoms with E-state index < -0.39 is 5.97 Å². The summed E-state index contributed by atoms with van der Waals surface area (Å²) in [5.74, 6) is 0.397.